The second-order valence-electron chi connectivity index (χ2n) is 10.8. The van der Waals surface area contributed by atoms with Crippen LogP contribution in [0.2, 0.25) is 0 Å². The van der Waals surface area contributed by atoms with E-state index in [9.17, 15) is 0 Å². The molecule has 7 rings (SSSR count). The van der Waals surface area contributed by atoms with E-state index in [1.807, 2.05) is 66.7 Å². The third-order valence-corrected chi connectivity index (χ3v) is 11.6. The molecule has 0 amide bonds. The first kappa shape index (κ1) is 25.5. The standard InChI is InChI=1S/C39H31OP/c40-41(31-21-9-3-10-22-31,32-23-11-4-12-24-32)36-28-16-15-26-34(36)33-25-13-14-27-35(33)39-37(29-17-5-1-6-18-29)38(39)30-19-7-2-8-20-30/h1-28,37-39H. The van der Waals surface area contributed by atoms with Gasteiger partial charge in [-0.1, -0.05) is 170 Å². The lowest BCUT2D eigenvalue weighted by atomic mass is 9.94. The van der Waals surface area contributed by atoms with Gasteiger partial charge in [0.25, 0.3) is 0 Å². The maximum atomic E-state index is 15.5. The van der Waals surface area contributed by atoms with Crippen molar-refractivity contribution in [1.82, 2.24) is 0 Å². The predicted molar refractivity (Wildman–Crippen MR) is 172 cm³/mol. The molecule has 0 N–H and O–H groups in total. The normalized spacial score (nSPS) is 18.1. The van der Waals surface area contributed by atoms with Gasteiger partial charge in [0.1, 0.15) is 0 Å². The van der Waals surface area contributed by atoms with Gasteiger partial charge in [0.2, 0.25) is 0 Å². The Bertz CT molecular complexity index is 1730. The van der Waals surface area contributed by atoms with Crippen LogP contribution in [0.1, 0.15) is 34.4 Å². The van der Waals surface area contributed by atoms with Crippen molar-refractivity contribution in [3.05, 3.63) is 187 Å². The zero-order valence-corrected chi connectivity index (χ0v) is 23.6. The first-order chi connectivity index (χ1) is 20.3. The summed E-state index contributed by atoms with van der Waals surface area (Å²) in [4.78, 5) is 0. The summed E-state index contributed by atoms with van der Waals surface area (Å²) in [6.07, 6.45) is 0. The van der Waals surface area contributed by atoms with Crippen LogP contribution >= 0.6 is 7.14 Å². The van der Waals surface area contributed by atoms with Crippen molar-refractivity contribution < 1.29 is 4.57 Å². The second kappa shape index (κ2) is 10.8. The van der Waals surface area contributed by atoms with E-state index in [0.29, 0.717) is 17.8 Å². The fraction of sp³-hybridized carbons (Fsp3) is 0.0769. The van der Waals surface area contributed by atoms with Crippen LogP contribution in [-0.2, 0) is 4.57 Å². The molecule has 0 heterocycles. The molecular weight excluding hydrogens is 515 g/mol. The average Bonchev–Trinajstić information content (AvgIpc) is 3.82. The summed E-state index contributed by atoms with van der Waals surface area (Å²) in [5, 5.41) is 2.59. The summed E-state index contributed by atoms with van der Waals surface area (Å²) in [6, 6.07) is 58.8. The Kier molecular flexibility index (Phi) is 6.75. The molecule has 1 saturated carbocycles. The SMILES string of the molecule is O=P(c1ccccc1)(c1ccccc1)c1ccccc1-c1ccccc1C1C(c2ccccc2)C1c1ccccc1. The molecule has 0 aliphatic heterocycles. The van der Waals surface area contributed by atoms with Gasteiger partial charge in [-0.15, -0.1) is 0 Å². The first-order valence-electron chi connectivity index (χ1n) is 14.3. The Labute approximate surface area is 242 Å². The van der Waals surface area contributed by atoms with Crippen LogP contribution in [0.25, 0.3) is 11.1 Å². The third-order valence-electron chi connectivity index (χ3n) is 8.48. The lowest BCUT2D eigenvalue weighted by Gasteiger charge is -2.24. The average molecular weight is 547 g/mol. The van der Waals surface area contributed by atoms with Gasteiger partial charge in [-0.05, 0) is 45.6 Å². The smallest absolute Gasteiger partial charge is 0.171 e. The summed E-state index contributed by atoms with van der Waals surface area (Å²) in [5.41, 5.74) is 6.27. The number of hydrogen-bond acceptors (Lipinski definition) is 1. The van der Waals surface area contributed by atoms with Crippen LogP contribution in [0, 0.1) is 0 Å². The van der Waals surface area contributed by atoms with Gasteiger partial charge >= 0.3 is 0 Å². The maximum absolute atomic E-state index is 15.5. The minimum absolute atomic E-state index is 0.330. The Balaban J connectivity index is 1.42. The van der Waals surface area contributed by atoms with E-state index in [4.69, 9.17) is 0 Å². The molecule has 0 saturated heterocycles. The Morgan fingerprint density at radius 2 is 0.756 bits per heavy atom. The van der Waals surface area contributed by atoms with E-state index in [1.165, 1.54) is 22.3 Å². The molecular formula is C39H31OP. The van der Waals surface area contributed by atoms with E-state index < -0.39 is 7.14 Å². The summed E-state index contributed by atoms with van der Waals surface area (Å²) in [7, 11) is -3.16. The van der Waals surface area contributed by atoms with Gasteiger partial charge in [0, 0.05) is 15.9 Å². The molecule has 1 fully saturated rings. The van der Waals surface area contributed by atoms with E-state index in [0.717, 1.165) is 21.5 Å². The largest absolute Gasteiger partial charge is 0.309 e. The van der Waals surface area contributed by atoms with Gasteiger partial charge in [0.15, 0.2) is 7.14 Å². The minimum Gasteiger partial charge on any atom is -0.309 e. The molecule has 0 aromatic heterocycles. The zero-order valence-electron chi connectivity index (χ0n) is 22.8. The number of rotatable bonds is 7. The predicted octanol–water partition coefficient (Wildman–Crippen LogP) is 8.66. The molecule has 1 aliphatic carbocycles. The van der Waals surface area contributed by atoms with Crippen LogP contribution in [0.4, 0.5) is 0 Å². The molecule has 0 bridgehead atoms. The molecule has 6 aromatic carbocycles. The van der Waals surface area contributed by atoms with Crippen molar-refractivity contribution in [2.45, 2.75) is 17.8 Å². The Hall–Kier alpha value is -4.45. The third kappa shape index (κ3) is 4.57. The number of hydrogen-bond donors (Lipinski definition) is 0. The Morgan fingerprint density at radius 3 is 1.27 bits per heavy atom. The molecule has 1 aliphatic rings. The zero-order chi connectivity index (χ0) is 27.6. The molecule has 2 unspecified atom stereocenters. The van der Waals surface area contributed by atoms with Crippen molar-refractivity contribution in [1.29, 1.82) is 0 Å². The van der Waals surface area contributed by atoms with Crippen molar-refractivity contribution in [3.63, 3.8) is 0 Å². The van der Waals surface area contributed by atoms with Gasteiger partial charge < -0.3 is 4.57 Å². The van der Waals surface area contributed by atoms with Crippen molar-refractivity contribution in [2.75, 3.05) is 0 Å². The lowest BCUT2D eigenvalue weighted by molar-refractivity contribution is 0.592. The van der Waals surface area contributed by atoms with Crippen molar-refractivity contribution in [3.8, 4) is 11.1 Å². The molecule has 2 atom stereocenters. The monoisotopic (exact) mass is 546 g/mol. The molecule has 2 heteroatoms. The van der Waals surface area contributed by atoms with Crippen molar-refractivity contribution >= 4 is 23.1 Å². The van der Waals surface area contributed by atoms with E-state index in [1.54, 1.807) is 0 Å². The molecule has 1 nitrogen and oxygen atoms in total. The van der Waals surface area contributed by atoms with Gasteiger partial charge in [-0.2, -0.15) is 0 Å². The molecule has 41 heavy (non-hydrogen) atoms. The molecule has 0 spiro atoms. The van der Waals surface area contributed by atoms with Crippen LogP contribution in [-0.4, -0.2) is 0 Å². The van der Waals surface area contributed by atoms with Gasteiger partial charge in [0.05, 0.1) is 0 Å². The van der Waals surface area contributed by atoms with Crippen molar-refractivity contribution in [2.24, 2.45) is 0 Å². The summed E-state index contributed by atoms with van der Waals surface area (Å²) in [6.45, 7) is 0. The highest BCUT2D eigenvalue weighted by atomic mass is 31.2. The minimum atomic E-state index is -3.16. The van der Waals surface area contributed by atoms with Gasteiger partial charge in [-0.3, -0.25) is 0 Å². The topological polar surface area (TPSA) is 17.1 Å². The fourth-order valence-corrected chi connectivity index (χ4v) is 9.46. The van der Waals surface area contributed by atoms with Crippen LogP contribution in [0.5, 0.6) is 0 Å². The highest BCUT2D eigenvalue weighted by Crippen LogP contribution is 2.67. The summed E-state index contributed by atoms with van der Waals surface area (Å²) in [5.74, 6) is 1.11. The molecule has 6 aromatic rings. The van der Waals surface area contributed by atoms with Gasteiger partial charge in [-0.25, -0.2) is 0 Å². The first-order valence-corrected chi connectivity index (χ1v) is 16.0. The Morgan fingerprint density at radius 1 is 0.366 bits per heavy atom. The quantitative estimate of drug-likeness (QED) is 0.183. The summed E-state index contributed by atoms with van der Waals surface area (Å²) < 4.78 is 15.5. The highest BCUT2D eigenvalue weighted by Gasteiger charge is 2.53. The number of benzene rings is 6. The van der Waals surface area contributed by atoms with Crippen LogP contribution in [0.15, 0.2) is 170 Å². The van der Waals surface area contributed by atoms with E-state index in [-0.39, 0.29) is 0 Å². The highest BCUT2D eigenvalue weighted by molar-refractivity contribution is 7.85. The van der Waals surface area contributed by atoms with Crippen LogP contribution in [0.3, 0.4) is 0 Å². The second-order valence-corrected chi connectivity index (χ2v) is 13.5. The lowest BCUT2D eigenvalue weighted by Crippen LogP contribution is -2.26. The molecule has 198 valence electrons. The van der Waals surface area contributed by atoms with Crippen LogP contribution < -0.4 is 15.9 Å². The van der Waals surface area contributed by atoms with E-state index >= 15 is 4.57 Å². The maximum Gasteiger partial charge on any atom is 0.171 e. The fourth-order valence-electron chi connectivity index (χ4n) is 6.59. The summed E-state index contributed by atoms with van der Waals surface area (Å²) >= 11 is 0. The van der Waals surface area contributed by atoms with E-state index in [2.05, 4.69) is 103 Å². The molecule has 0 radical (unpaired) electrons.